The minimum absolute atomic E-state index is 0.184. The molecule has 0 aliphatic carbocycles. The van der Waals surface area contributed by atoms with Crippen molar-refractivity contribution in [1.29, 1.82) is 0 Å². The number of anilines is 1. The highest BCUT2D eigenvalue weighted by molar-refractivity contribution is 8.05. The summed E-state index contributed by atoms with van der Waals surface area (Å²) in [5.74, 6) is -0.542. The summed E-state index contributed by atoms with van der Waals surface area (Å²) in [7, 11) is 0. The summed E-state index contributed by atoms with van der Waals surface area (Å²) < 4.78 is 16.2. The van der Waals surface area contributed by atoms with Gasteiger partial charge in [0.2, 0.25) is 0 Å². The van der Waals surface area contributed by atoms with Crippen LogP contribution in [-0.2, 0) is 11.3 Å². The molecule has 2 N–H and O–H groups in total. The second-order valence-corrected chi connectivity index (χ2v) is 9.35. The van der Waals surface area contributed by atoms with Crippen LogP contribution in [0.2, 0.25) is 5.02 Å². The average molecular weight is 478 g/mol. The molecule has 1 fully saturated rings. The maximum absolute atomic E-state index is 14.0. The fourth-order valence-electron chi connectivity index (χ4n) is 4.06. The zero-order valence-electron chi connectivity index (χ0n) is 17.8. The summed E-state index contributed by atoms with van der Waals surface area (Å²) >= 11 is 7.76. The van der Waals surface area contributed by atoms with Crippen molar-refractivity contribution in [1.82, 2.24) is 9.88 Å². The van der Waals surface area contributed by atoms with Crippen LogP contribution >= 0.6 is 23.4 Å². The Kier molecular flexibility index (Phi) is 5.87. The molecule has 1 aromatic heterocycles. The van der Waals surface area contributed by atoms with E-state index in [1.807, 2.05) is 42.5 Å². The molecule has 3 aromatic carbocycles. The number of halogens is 2. The van der Waals surface area contributed by atoms with Gasteiger partial charge in [-0.25, -0.2) is 4.39 Å². The van der Waals surface area contributed by atoms with E-state index in [9.17, 15) is 9.18 Å². The van der Waals surface area contributed by atoms with Gasteiger partial charge in [0, 0.05) is 33.7 Å². The highest BCUT2D eigenvalue weighted by atomic mass is 35.5. The number of hydrogen-bond donors (Lipinski definition) is 2. The third-order valence-corrected chi connectivity index (χ3v) is 7.13. The number of rotatable bonds is 5. The van der Waals surface area contributed by atoms with Crippen LogP contribution in [0.25, 0.3) is 17.0 Å². The van der Waals surface area contributed by atoms with Gasteiger partial charge in [-0.05, 0) is 42.8 Å². The fraction of sp³-hybridized carbons (Fsp3) is 0.115. The van der Waals surface area contributed by atoms with Crippen LogP contribution in [0.15, 0.2) is 77.7 Å². The van der Waals surface area contributed by atoms with Crippen LogP contribution in [0.1, 0.15) is 16.8 Å². The monoisotopic (exact) mass is 477 g/mol. The van der Waals surface area contributed by atoms with Crippen molar-refractivity contribution in [2.75, 3.05) is 5.32 Å². The Labute approximate surface area is 200 Å². The lowest BCUT2D eigenvalue weighted by Crippen LogP contribution is -2.31. The van der Waals surface area contributed by atoms with Crippen LogP contribution in [0, 0.1) is 12.7 Å². The van der Waals surface area contributed by atoms with Gasteiger partial charge in [-0.1, -0.05) is 71.9 Å². The minimum Gasteiger partial charge on any atom is -0.354 e. The predicted molar refractivity (Wildman–Crippen MR) is 135 cm³/mol. The topological polar surface area (TPSA) is 46.1 Å². The molecule has 4 nitrogen and oxygen atoms in total. The number of para-hydroxylation sites is 2. The third kappa shape index (κ3) is 4.24. The molecule has 0 saturated carbocycles. The summed E-state index contributed by atoms with van der Waals surface area (Å²) in [4.78, 5) is 13.3. The number of amides is 1. The van der Waals surface area contributed by atoms with Crippen LogP contribution in [0.5, 0.6) is 0 Å². The Morgan fingerprint density at radius 2 is 1.82 bits per heavy atom. The van der Waals surface area contributed by atoms with Crippen LogP contribution in [-0.4, -0.2) is 16.0 Å². The first-order valence-electron chi connectivity index (χ1n) is 10.5. The smallest absolute Gasteiger partial charge is 0.260 e. The van der Waals surface area contributed by atoms with Gasteiger partial charge in [-0.15, -0.1) is 0 Å². The molecule has 1 aliphatic rings. The first kappa shape index (κ1) is 21.6. The van der Waals surface area contributed by atoms with E-state index in [4.69, 9.17) is 11.6 Å². The molecule has 0 bridgehead atoms. The van der Waals surface area contributed by atoms with Gasteiger partial charge in [-0.3, -0.25) is 4.79 Å². The number of thioether (sulfide) groups is 1. The van der Waals surface area contributed by atoms with E-state index in [0.29, 0.717) is 17.1 Å². The van der Waals surface area contributed by atoms with Crippen LogP contribution in [0.4, 0.5) is 10.1 Å². The number of nitrogens with one attached hydrogen (secondary N) is 2. The van der Waals surface area contributed by atoms with E-state index in [1.165, 1.54) is 17.8 Å². The second-order valence-electron chi connectivity index (χ2n) is 7.80. The Morgan fingerprint density at radius 3 is 2.64 bits per heavy atom. The van der Waals surface area contributed by atoms with Gasteiger partial charge in [0.15, 0.2) is 5.50 Å². The van der Waals surface area contributed by atoms with E-state index < -0.39 is 5.50 Å². The zero-order valence-corrected chi connectivity index (χ0v) is 19.4. The second kappa shape index (κ2) is 8.96. The van der Waals surface area contributed by atoms with Crippen molar-refractivity contribution in [2.24, 2.45) is 0 Å². The molecular weight excluding hydrogens is 457 g/mol. The molecule has 1 atom stereocenters. The lowest BCUT2D eigenvalue weighted by atomic mass is 10.1. The van der Waals surface area contributed by atoms with Gasteiger partial charge >= 0.3 is 0 Å². The summed E-state index contributed by atoms with van der Waals surface area (Å²) in [5, 5.41) is 7.71. The van der Waals surface area contributed by atoms with Gasteiger partial charge in [0.05, 0.1) is 10.6 Å². The molecule has 0 spiro atoms. The molecule has 166 valence electrons. The Morgan fingerprint density at radius 1 is 1.09 bits per heavy atom. The molecule has 4 aromatic rings. The number of aromatic nitrogens is 1. The van der Waals surface area contributed by atoms with E-state index in [-0.39, 0.29) is 11.7 Å². The summed E-state index contributed by atoms with van der Waals surface area (Å²) in [6.45, 7) is 2.68. The lowest BCUT2D eigenvalue weighted by Gasteiger charge is -2.13. The molecule has 1 amide bonds. The maximum Gasteiger partial charge on any atom is 0.260 e. The molecule has 33 heavy (non-hydrogen) atoms. The molecule has 1 aliphatic heterocycles. The lowest BCUT2D eigenvalue weighted by molar-refractivity contribution is -0.116. The Hall–Kier alpha value is -3.22. The van der Waals surface area contributed by atoms with Crippen molar-refractivity contribution in [3.63, 3.8) is 0 Å². The van der Waals surface area contributed by atoms with E-state index in [0.717, 1.165) is 32.7 Å². The number of nitrogens with zero attached hydrogens (tertiary/aromatic N) is 1. The Bertz CT molecular complexity index is 1400. The fourth-order valence-corrected chi connectivity index (χ4v) is 5.21. The minimum atomic E-state index is -0.447. The SMILES string of the molecule is Cc1c(/C=C2\SC(Nc3ccccc3F)NC2=O)c2ccccc2n1Cc1ccccc1Cl. The van der Waals surface area contributed by atoms with E-state index >= 15 is 0 Å². The first-order chi connectivity index (χ1) is 16.0. The molecule has 5 rings (SSSR count). The molecular formula is C26H21ClFN3OS. The maximum atomic E-state index is 14.0. The van der Waals surface area contributed by atoms with Crippen LogP contribution in [0.3, 0.4) is 0 Å². The highest BCUT2D eigenvalue weighted by Gasteiger charge is 2.28. The number of carbonyl (C=O) groups is 1. The molecule has 0 radical (unpaired) electrons. The molecule has 1 saturated heterocycles. The third-order valence-electron chi connectivity index (χ3n) is 5.73. The predicted octanol–water partition coefficient (Wildman–Crippen LogP) is 6.39. The van der Waals surface area contributed by atoms with Crippen LogP contribution < -0.4 is 10.6 Å². The number of carbonyl (C=O) groups excluding carboxylic acids is 1. The molecule has 7 heteroatoms. The highest BCUT2D eigenvalue weighted by Crippen LogP contribution is 2.35. The van der Waals surface area contributed by atoms with Crippen molar-refractivity contribution >= 4 is 51.9 Å². The van der Waals surface area contributed by atoms with Gasteiger partial charge in [0.25, 0.3) is 5.91 Å². The summed E-state index contributed by atoms with van der Waals surface area (Å²) in [6.07, 6.45) is 1.92. The first-order valence-corrected chi connectivity index (χ1v) is 11.8. The van der Waals surface area contributed by atoms with Crippen molar-refractivity contribution in [2.45, 2.75) is 19.0 Å². The number of hydrogen-bond acceptors (Lipinski definition) is 3. The zero-order chi connectivity index (χ0) is 22.9. The largest absolute Gasteiger partial charge is 0.354 e. The van der Waals surface area contributed by atoms with Gasteiger partial charge in [-0.2, -0.15) is 0 Å². The van der Waals surface area contributed by atoms with Crippen molar-refractivity contribution < 1.29 is 9.18 Å². The quantitative estimate of drug-likeness (QED) is 0.327. The average Bonchev–Trinajstić information content (AvgIpc) is 3.29. The van der Waals surface area contributed by atoms with Gasteiger partial charge in [0.1, 0.15) is 5.82 Å². The molecule has 2 heterocycles. The Balaban J connectivity index is 1.49. The normalized spacial score (nSPS) is 17.0. The van der Waals surface area contributed by atoms with E-state index in [2.05, 4.69) is 34.3 Å². The molecule has 1 unspecified atom stereocenters. The number of benzene rings is 3. The van der Waals surface area contributed by atoms with Crippen molar-refractivity contribution in [3.05, 3.63) is 105 Å². The standard InChI is InChI=1S/C26H21ClFN3OS/c1-16-19(14-24-25(32)30-26(33-24)29-22-12-6-5-11-21(22)28)18-9-3-7-13-23(18)31(16)15-17-8-2-4-10-20(17)27/h2-14,26,29H,15H2,1H3,(H,30,32)/b24-14-. The number of fused-ring (bicyclic) bond motifs is 1. The van der Waals surface area contributed by atoms with E-state index in [1.54, 1.807) is 18.2 Å². The summed E-state index contributed by atoms with van der Waals surface area (Å²) in [5.41, 5.74) is 4.04. The summed E-state index contributed by atoms with van der Waals surface area (Å²) in [6, 6.07) is 22.4. The van der Waals surface area contributed by atoms with Gasteiger partial charge < -0.3 is 15.2 Å². The van der Waals surface area contributed by atoms with Crippen molar-refractivity contribution in [3.8, 4) is 0 Å².